The van der Waals surface area contributed by atoms with Crippen LogP contribution in [0, 0.1) is 0 Å². The Bertz CT molecular complexity index is 385. The number of rotatable bonds is 5. The van der Waals surface area contributed by atoms with E-state index in [1.54, 1.807) is 30.0 Å². The van der Waals surface area contributed by atoms with E-state index in [1.165, 1.54) is 4.90 Å². The van der Waals surface area contributed by atoms with Gasteiger partial charge in [-0.3, -0.25) is 4.79 Å². The highest BCUT2D eigenvalue weighted by molar-refractivity contribution is 5.93. The average molecular weight is 223 g/mol. The lowest BCUT2D eigenvalue weighted by Gasteiger charge is -2.19. The fourth-order valence-corrected chi connectivity index (χ4v) is 1.52. The molecule has 0 aliphatic rings. The van der Waals surface area contributed by atoms with Gasteiger partial charge in [-0.05, 0) is 6.07 Å². The van der Waals surface area contributed by atoms with Crippen LogP contribution in [-0.2, 0) is 7.05 Å². The van der Waals surface area contributed by atoms with Crippen molar-refractivity contribution in [3.63, 3.8) is 0 Å². The second-order valence-corrected chi connectivity index (χ2v) is 3.53. The molecule has 0 aliphatic carbocycles. The molecule has 0 radical (unpaired) electrons. The van der Waals surface area contributed by atoms with E-state index in [-0.39, 0.29) is 19.1 Å². The van der Waals surface area contributed by atoms with Crippen molar-refractivity contribution >= 4 is 11.6 Å². The Labute approximate surface area is 94.8 Å². The number of carbonyl (C=O) groups is 1. The number of hydrogen-bond acceptors (Lipinski definition) is 3. The average Bonchev–Trinajstić information content (AvgIpc) is 2.56. The molecule has 0 saturated heterocycles. The van der Waals surface area contributed by atoms with E-state index in [0.717, 1.165) is 0 Å². The summed E-state index contributed by atoms with van der Waals surface area (Å²) in [6.07, 6.45) is 3.30. The van der Waals surface area contributed by atoms with E-state index in [2.05, 4.69) is 6.58 Å². The van der Waals surface area contributed by atoms with E-state index in [4.69, 9.17) is 10.8 Å². The first kappa shape index (κ1) is 12.3. The predicted octanol–water partition coefficient (Wildman–Crippen LogP) is 0.228. The summed E-state index contributed by atoms with van der Waals surface area (Å²) < 4.78 is 1.67. The standard InChI is InChI=1S/C11H17N3O2/c1-3-4-14(5-6-15)11(16)10-7-9(12)8-13(10)2/h3,7-8,15H,1,4-6,12H2,2H3. The van der Waals surface area contributed by atoms with E-state index in [9.17, 15) is 4.79 Å². The topological polar surface area (TPSA) is 71.5 Å². The minimum atomic E-state index is -0.159. The Balaban J connectivity index is 2.89. The minimum Gasteiger partial charge on any atom is -0.397 e. The molecule has 0 saturated carbocycles. The highest BCUT2D eigenvalue weighted by Crippen LogP contribution is 2.11. The fourth-order valence-electron chi connectivity index (χ4n) is 1.52. The molecule has 0 fully saturated rings. The van der Waals surface area contributed by atoms with E-state index in [1.807, 2.05) is 0 Å². The van der Waals surface area contributed by atoms with Gasteiger partial charge < -0.3 is 20.3 Å². The predicted molar refractivity (Wildman–Crippen MR) is 63.0 cm³/mol. The van der Waals surface area contributed by atoms with Gasteiger partial charge in [-0.25, -0.2) is 0 Å². The lowest BCUT2D eigenvalue weighted by atomic mass is 10.3. The quantitative estimate of drug-likeness (QED) is 0.702. The third-order valence-corrected chi connectivity index (χ3v) is 2.25. The first-order valence-electron chi connectivity index (χ1n) is 5.03. The van der Waals surface area contributed by atoms with Crippen molar-refractivity contribution in [2.75, 3.05) is 25.4 Å². The maximum Gasteiger partial charge on any atom is 0.270 e. The van der Waals surface area contributed by atoms with Crippen molar-refractivity contribution in [2.24, 2.45) is 7.05 Å². The maximum absolute atomic E-state index is 12.0. The zero-order valence-electron chi connectivity index (χ0n) is 9.39. The number of aliphatic hydroxyl groups excluding tert-OH is 1. The van der Waals surface area contributed by atoms with E-state index < -0.39 is 0 Å². The van der Waals surface area contributed by atoms with Crippen LogP contribution in [0.5, 0.6) is 0 Å². The molecule has 5 heteroatoms. The lowest BCUT2D eigenvalue weighted by Crippen LogP contribution is -2.34. The fraction of sp³-hybridized carbons (Fsp3) is 0.364. The smallest absolute Gasteiger partial charge is 0.270 e. The molecule has 0 aromatic carbocycles. The second kappa shape index (κ2) is 5.37. The molecule has 0 atom stereocenters. The number of anilines is 1. The maximum atomic E-state index is 12.0. The molecule has 0 spiro atoms. The van der Waals surface area contributed by atoms with Crippen LogP contribution in [0.4, 0.5) is 5.69 Å². The van der Waals surface area contributed by atoms with Crippen molar-refractivity contribution in [2.45, 2.75) is 0 Å². The van der Waals surface area contributed by atoms with Crippen molar-refractivity contribution in [3.8, 4) is 0 Å². The molecule has 0 aliphatic heterocycles. The molecule has 1 aromatic rings. The zero-order chi connectivity index (χ0) is 12.1. The Kier molecular flexibility index (Phi) is 4.13. The monoisotopic (exact) mass is 223 g/mol. The molecule has 0 unspecified atom stereocenters. The molecule has 3 N–H and O–H groups in total. The van der Waals surface area contributed by atoms with Crippen molar-refractivity contribution in [3.05, 3.63) is 30.6 Å². The molecule has 1 aromatic heterocycles. The SMILES string of the molecule is C=CCN(CCO)C(=O)c1cc(N)cn1C. The summed E-state index contributed by atoms with van der Waals surface area (Å²) >= 11 is 0. The van der Waals surface area contributed by atoms with Crippen LogP contribution in [0.1, 0.15) is 10.5 Å². The van der Waals surface area contributed by atoms with Gasteiger partial charge >= 0.3 is 0 Å². The number of aromatic nitrogens is 1. The van der Waals surface area contributed by atoms with Gasteiger partial charge in [-0.2, -0.15) is 0 Å². The molecule has 16 heavy (non-hydrogen) atoms. The Morgan fingerprint density at radius 1 is 1.75 bits per heavy atom. The van der Waals surface area contributed by atoms with Crippen LogP contribution >= 0.6 is 0 Å². The Morgan fingerprint density at radius 3 is 2.88 bits per heavy atom. The van der Waals surface area contributed by atoms with Gasteiger partial charge in [-0.1, -0.05) is 6.08 Å². The molecule has 1 heterocycles. The number of amides is 1. The normalized spacial score (nSPS) is 10.1. The van der Waals surface area contributed by atoms with Gasteiger partial charge in [0.2, 0.25) is 0 Å². The van der Waals surface area contributed by atoms with E-state index >= 15 is 0 Å². The number of aryl methyl sites for hydroxylation is 1. The molecule has 88 valence electrons. The van der Waals surface area contributed by atoms with Gasteiger partial charge in [0.15, 0.2) is 0 Å². The third-order valence-electron chi connectivity index (χ3n) is 2.25. The molecular weight excluding hydrogens is 206 g/mol. The highest BCUT2D eigenvalue weighted by atomic mass is 16.3. The Hall–Kier alpha value is -1.75. The summed E-state index contributed by atoms with van der Waals surface area (Å²) in [5.74, 6) is -0.159. The molecule has 0 bridgehead atoms. The molecule has 5 nitrogen and oxygen atoms in total. The highest BCUT2D eigenvalue weighted by Gasteiger charge is 2.17. The summed E-state index contributed by atoms with van der Waals surface area (Å²) in [6.45, 7) is 4.20. The number of nitrogens with zero attached hydrogens (tertiary/aromatic N) is 2. The largest absolute Gasteiger partial charge is 0.397 e. The van der Waals surface area contributed by atoms with Crippen molar-refractivity contribution in [1.29, 1.82) is 0 Å². The van der Waals surface area contributed by atoms with Crippen molar-refractivity contribution < 1.29 is 9.90 Å². The molecule has 1 amide bonds. The van der Waals surface area contributed by atoms with Crippen LogP contribution in [0.2, 0.25) is 0 Å². The summed E-state index contributed by atoms with van der Waals surface area (Å²) in [7, 11) is 1.76. The third kappa shape index (κ3) is 2.64. The van der Waals surface area contributed by atoms with Gasteiger partial charge in [-0.15, -0.1) is 6.58 Å². The lowest BCUT2D eigenvalue weighted by molar-refractivity contribution is 0.0733. The van der Waals surface area contributed by atoms with Gasteiger partial charge in [0.1, 0.15) is 5.69 Å². The summed E-state index contributed by atoms with van der Waals surface area (Å²) in [5.41, 5.74) is 6.66. The summed E-state index contributed by atoms with van der Waals surface area (Å²) in [6, 6.07) is 1.62. The van der Waals surface area contributed by atoms with Gasteiger partial charge in [0.25, 0.3) is 5.91 Å². The van der Waals surface area contributed by atoms with Gasteiger partial charge in [0, 0.05) is 26.3 Å². The zero-order valence-corrected chi connectivity index (χ0v) is 9.39. The van der Waals surface area contributed by atoms with Crippen LogP contribution < -0.4 is 5.73 Å². The van der Waals surface area contributed by atoms with Crippen LogP contribution in [0.15, 0.2) is 24.9 Å². The number of hydrogen-bond donors (Lipinski definition) is 2. The van der Waals surface area contributed by atoms with Crippen LogP contribution in [0.3, 0.4) is 0 Å². The van der Waals surface area contributed by atoms with Crippen LogP contribution in [0.25, 0.3) is 0 Å². The Morgan fingerprint density at radius 2 is 2.44 bits per heavy atom. The number of nitrogen functional groups attached to an aromatic ring is 1. The van der Waals surface area contributed by atoms with E-state index in [0.29, 0.717) is 17.9 Å². The number of aliphatic hydroxyl groups is 1. The summed E-state index contributed by atoms with van der Waals surface area (Å²) in [5, 5.41) is 8.87. The number of nitrogens with two attached hydrogens (primary N) is 1. The molecule has 1 rings (SSSR count). The van der Waals surface area contributed by atoms with Crippen molar-refractivity contribution in [1.82, 2.24) is 9.47 Å². The summed E-state index contributed by atoms with van der Waals surface area (Å²) in [4.78, 5) is 13.6. The van der Waals surface area contributed by atoms with Gasteiger partial charge in [0.05, 0.1) is 12.3 Å². The number of carbonyl (C=O) groups excluding carboxylic acids is 1. The minimum absolute atomic E-state index is 0.0700. The first-order chi connectivity index (χ1) is 7.60. The van der Waals surface area contributed by atoms with Crippen LogP contribution in [-0.4, -0.2) is 40.2 Å². The second-order valence-electron chi connectivity index (χ2n) is 3.53. The molecular formula is C11H17N3O2. The first-order valence-corrected chi connectivity index (χ1v) is 5.03.